The fourth-order valence-electron chi connectivity index (χ4n) is 5.40. The lowest BCUT2D eigenvalue weighted by Crippen LogP contribution is -2.39. The standard InChI is InChI=1S/C31H35N3O4/c35-21-29(24-6-2-1-3-7-24)33-30(36)28-9-5-4-8-27(28)23-12-10-22(11-13-23)20-34(25-14-15-25)31(37)38-26-16-18-32-19-17-26/h1-3,6-7,10-13,16-19,25,27-29,35H,4-5,8-9,14-15,20-21H2,(H,33,36)/t27-,28+,29+/m1/s1. The van der Waals surface area contributed by atoms with Gasteiger partial charge in [-0.3, -0.25) is 9.78 Å². The van der Waals surface area contributed by atoms with Crippen molar-refractivity contribution in [3.05, 3.63) is 95.8 Å². The van der Waals surface area contributed by atoms with E-state index in [2.05, 4.69) is 34.6 Å². The number of ether oxygens (including phenoxy) is 1. The average molecular weight is 514 g/mol. The topological polar surface area (TPSA) is 91.8 Å². The molecule has 2 N–H and O–H groups in total. The smallest absolute Gasteiger partial charge is 0.410 e. The van der Waals surface area contributed by atoms with E-state index in [9.17, 15) is 14.7 Å². The van der Waals surface area contributed by atoms with Crippen LogP contribution in [0.4, 0.5) is 4.79 Å². The van der Waals surface area contributed by atoms with Gasteiger partial charge in [-0.25, -0.2) is 4.79 Å². The number of carbonyl (C=O) groups is 2. The zero-order valence-electron chi connectivity index (χ0n) is 21.5. The Morgan fingerprint density at radius 2 is 1.66 bits per heavy atom. The van der Waals surface area contributed by atoms with E-state index in [1.807, 2.05) is 30.3 Å². The van der Waals surface area contributed by atoms with Gasteiger partial charge in [0.15, 0.2) is 0 Å². The summed E-state index contributed by atoms with van der Waals surface area (Å²) in [6, 6.07) is 21.1. The summed E-state index contributed by atoms with van der Waals surface area (Å²) in [5.74, 6) is 0.485. The predicted octanol–water partition coefficient (Wildman–Crippen LogP) is 5.37. The summed E-state index contributed by atoms with van der Waals surface area (Å²) < 4.78 is 5.57. The molecule has 198 valence electrons. The second kappa shape index (κ2) is 12.2. The summed E-state index contributed by atoms with van der Waals surface area (Å²) in [6.07, 6.45) is 8.75. The fourth-order valence-corrected chi connectivity index (χ4v) is 5.40. The van der Waals surface area contributed by atoms with Gasteiger partial charge in [-0.15, -0.1) is 0 Å². The SMILES string of the molecule is O=C(N[C@@H](CO)c1ccccc1)[C@H]1CCCC[C@@H]1c1ccc(CN(C(=O)Oc2ccncc2)C2CC2)cc1. The molecular formula is C31H35N3O4. The lowest BCUT2D eigenvalue weighted by molar-refractivity contribution is -0.127. The van der Waals surface area contributed by atoms with Crippen molar-refractivity contribution in [1.29, 1.82) is 0 Å². The Labute approximate surface area is 223 Å². The minimum atomic E-state index is -0.408. The van der Waals surface area contributed by atoms with Crippen LogP contribution < -0.4 is 10.1 Å². The molecule has 38 heavy (non-hydrogen) atoms. The van der Waals surface area contributed by atoms with Crippen LogP contribution in [0.2, 0.25) is 0 Å². The van der Waals surface area contributed by atoms with Crippen LogP contribution >= 0.6 is 0 Å². The molecule has 3 atom stereocenters. The zero-order chi connectivity index (χ0) is 26.3. The molecule has 2 fully saturated rings. The molecule has 0 spiro atoms. The van der Waals surface area contributed by atoms with Crippen molar-refractivity contribution in [2.45, 2.75) is 63.1 Å². The number of aliphatic hydroxyl groups is 1. The highest BCUT2D eigenvalue weighted by Gasteiger charge is 2.35. The maximum atomic E-state index is 13.4. The number of pyridine rings is 1. The normalized spacial score (nSPS) is 19.8. The van der Waals surface area contributed by atoms with E-state index in [1.165, 1.54) is 0 Å². The predicted molar refractivity (Wildman–Crippen MR) is 144 cm³/mol. The molecule has 5 rings (SSSR count). The molecule has 2 aliphatic carbocycles. The van der Waals surface area contributed by atoms with Crippen LogP contribution in [0.3, 0.4) is 0 Å². The van der Waals surface area contributed by atoms with Gasteiger partial charge in [0, 0.05) is 30.9 Å². The number of aromatic nitrogens is 1. The van der Waals surface area contributed by atoms with Crippen molar-refractivity contribution in [3.8, 4) is 5.75 Å². The van der Waals surface area contributed by atoms with Gasteiger partial charge in [-0.05, 0) is 60.4 Å². The second-order valence-corrected chi connectivity index (χ2v) is 10.3. The quantitative estimate of drug-likeness (QED) is 0.401. The molecule has 2 amide bonds. The highest BCUT2D eigenvalue weighted by molar-refractivity contribution is 5.80. The van der Waals surface area contributed by atoms with Crippen molar-refractivity contribution >= 4 is 12.0 Å². The Morgan fingerprint density at radius 1 is 0.947 bits per heavy atom. The number of rotatable bonds is 9. The molecule has 0 radical (unpaired) electrons. The summed E-state index contributed by atoms with van der Waals surface area (Å²) in [7, 11) is 0. The largest absolute Gasteiger partial charge is 0.415 e. The van der Waals surface area contributed by atoms with E-state index < -0.39 is 6.04 Å². The van der Waals surface area contributed by atoms with E-state index >= 15 is 0 Å². The highest BCUT2D eigenvalue weighted by Crippen LogP contribution is 2.39. The molecule has 7 heteroatoms. The molecule has 0 unspecified atom stereocenters. The molecule has 3 aromatic rings. The van der Waals surface area contributed by atoms with Gasteiger partial charge >= 0.3 is 6.09 Å². The van der Waals surface area contributed by atoms with Crippen LogP contribution in [-0.2, 0) is 11.3 Å². The Balaban J connectivity index is 1.25. The van der Waals surface area contributed by atoms with Gasteiger partial charge in [-0.2, -0.15) is 0 Å². The zero-order valence-corrected chi connectivity index (χ0v) is 21.5. The van der Waals surface area contributed by atoms with Gasteiger partial charge in [0.2, 0.25) is 5.91 Å². The number of hydrogen-bond donors (Lipinski definition) is 2. The molecule has 1 aromatic heterocycles. The van der Waals surface area contributed by atoms with Crippen LogP contribution in [0.1, 0.15) is 67.2 Å². The van der Waals surface area contributed by atoms with Crippen molar-refractivity contribution in [3.63, 3.8) is 0 Å². The van der Waals surface area contributed by atoms with Gasteiger partial charge in [0.1, 0.15) is 5.75 Å². The minimum Gasteiger partial charge on any atom is -0.410 e. The highest BCUT2D eigenvalue weighted by atomic mass is 16.6. The number of aliphatic hydroxyl groups excluding tert-OH is 1. The monoisotopic (exact) mass is 513 g/mol. The molecule has 0 bridgehead atoms. The lowest BCUT2D eigenvalue weighted by atomic mass is 9.74. The molecule has 0 aliphatic heterocycles. The molecule has 2 aromatic carbocycles. The third-order valence-corrected chi connectivity index (χ3v) is 7.64. The van der Waals surface area contributed by atoms with Crippen LogP contribution in [0.5, 0.6) is 5.75 Å². The van der Waals surface area contributed by atoms with Crippen LogP contribution in [-0.4, -0.2) is 39.6 Å². The van der Waals surface area contributed by atoms with E-state index in [1.54, 1.807) is 29.4 Å². The van der Waals surface area contributed by atoms with Gasteiger partial charge < -0.3 is 20.1 Å². The summed E-state index contributed by atoms with van der Waals surface area (Å²) in [6.45, 7) is 0.349. The number of benzene rings is 2. The number of hydrogen-bond acceptors (Lipinski definition) is 5. The van der Waals surface area contributed by atoms with Gasteiger partial charge in [0.25, 0.3) is 0 Å². The molecule has 2 saturated carbocycles. The van der Waals surface area contributed by atoms with Crippen LogP contribution in [0, 0.1) is 5.92 Å². The van der Waals surface area contributed by atoms with Crippen molar-refractivity contribution in [2.75, 3.05) is 6.61 Å². The maximum Gasteiger partial charge on any atom is 0.415 e. The maximum absolute atomic E-state index is 13.4. The van der Waals surface area contributed by atoms with Crippen molar-refractivity contribution in [2.24, 2.45) is 5.92 Å². The minimum absolute atomic E-state index is 0.000413. The third kappa shape index (κ3) is 6.40. The van der Waals surface area contributed by atoms with Crippen LogP contribution in [0.15, 0.2) is 79.1 Å². The Morgan fingerprint density at radius 3 is 2.34 bits per heavy atom. The molecule has 0 saturated heterocycles. The fraction of sp³-hybridized carbons (Fsp3) is 0.387. The van der Waals surface area contributed by atoms with E-state index in [-0.39, 0.29) is 36.5 Å². The first kappa shape index (κ1) is 25.9. The molecule has 1 heterocycles. The first-order chi connectivity index (χ1) is 18.6. The number of nitrogens with zero attached hydrogens (tertiary/aromatic N) is 2. The van der Waals surface area contributed by atoms with E-state index in [0.29, 0.717) is 12.3 Å². The summed E-state index contributed by atoms with van der Waals surface area (Å²) in [4.78, 5) is 32.0. The Bertz CT molecular complexity index is 1200. The summed E-state index contributed by atoms with van der Waals surface area (Å²) in [5.41, 5.74) is 3.09. The average Bonchev–Trinajstić information content (AvgIpc) is 3.81. The van der Waals surface area contributed by atoms with Crippen LogP contribution in [0.25, 0.3) is 0 Å². The number of nitrogens with one attached hydrogen (secondary N) is 1. The van der Waals surface area contributed by atoms with E-state index in [4.69, 9.17) is 4.74 Å². The molecular weight excluding hydrogens is 478 g/mol. The first-order valence-corrected chi connectivity index (χ1v) is 13.6. The summed E-state index contributed by atoms with van der Waals surface area (Å²) >= 11 is 0. The van der Waals surface area contributed by atoms with Gasteiger partial charge in [0.05, 0.1) is 12.6 Å². The molecule has 7 nitrogen and oxygen atoms in total. The van der Waals surface area contributed by atoms with E-state index in [0.717, 1.165) is 55.2 Å². The Kier molecular flexibility index (Phi) is 8.34. The molecule has 2 aliphatic rings. The lowest BCUT2D eigenvalue weighted by Gasteiger charge is -2.32. The third-order valence-electron chi connectivity index (χ3n) is 7.64. The number of carbonyl (C=O) groups excluding carboxylic acids is 2. The Hall–Kier alpha value is -3.71. The van der Waals surface area contributed by atoms with Crippen molar-refractivity contribution in [1.82, 2.24) is 15.2 Å². The van der Waals surface area contributed by atoms with Gasteiger partial charge in [-0.1, -0.05) is 67.4 Å². The van der Waals surface area contributed by atoms with Crippen molar-refractivity contribution < 1.29 is 19.4 Å². The second-order valence-electron chi connectivity index (χ2n) is 10.3. The summed E-state index contributed by atoms with van der Waals surface area (Å²) in [5, 5.41) is 13.0. The number of amides is 2. The first-order valence-electron chi connectivity index (χ1n) is 13.6.